The van der Waals surface area contributed by atoms with E-state index in [2.05, 4.69) is 33.8 Å². The van der Waals surface area contributed by atoms with Gasteiger partial charge >= 0.3 is 0 Å². The molecule has 0 aromatic heterocycles. The molecular formula is C26H42O. The van der Waals surface area contributed by atoms with Crippen LogP contribution in [0.25, 0.3) is 0 Å². The van der Waals surface area contributed by atoms with E-state index in [-0.39, 0.29) is 11.5 Å². The summed E-state index contributed by atoms with van der Waals surface area (Å²) in [6.07, 6.45) is 18.0. The zero-order valence-corrected chi connectivity index (χ0v) is 18.3. The third-order valence-electron chi connectivity index (χ3n) is 9.21. The van der Waals surface area contributed by atoms with Crippen molar-refractivity contribution in [3.63, 3.8) is 0 Å². The molecule has 1 fully saturated rings. The predicted molar refractivity (Wildman–Crippen MR) is 115 cm³/mol. The Labute approximate surface area is 167 Å². The summed E-state index contributed by atoms with van der Waals surface area (Å²) in [5, 5.41) is 10.1. The average molecular weight is 371 g/mol. The van der Waals surface area contributed by atoms with E-state index in [9.17, 15) is 5.11 Å². The minimum absolute atomic E-state index is 0.189. The maximum absolute atomic E-state index is 10.1. The Morgan fingerprint density at radius 3 is 2.63 bits per heavy atom. The number of hydrogen-bond donors (Lipinski definition) is 1. The van der Waals surface area contributed by atoms with Crippen LogP contribution < -0.4 is 0 Å². The van der Waals surface area contributed by atoms with Crippen molar-refractivity contribution in [1.82, 2.24) is 0 Å². The monoisotopic (exact) mass is 370 g/mol. The topological polar surface area (TPSA) is 20.2 Å². The molecule has 0 spiro atoms. The van der Waals surface area contributed by atoms with Crippen LogP contribution >= 0.6 is 0 Å². The van der Waals surface area contributed by atoms with Crippen LogP contribution in [0.1, 0.15) is 105 Å². The van der Waals surface area contributed by atoms with Crippen LogP contribution in [0.2, 0.25) is 0 Å². The molecule has 0 radical (unpaired) electrons. The lowest BCUT2D eigenvalue weighted by Gasteiger charge is -2.52. The number of fused-ring (bicyclic) bond motifs is 4. The van der Waals surface area contributed by atoms with E-state index in [1.54, 1.807) is 5.57 Å². The Bertz CT molecular complexity index is 626. The lowest BCUT2D eigenvalue weighted by Crippen LogP contribution is -2.40. The third kappa shape index (κ3) is 3.37. The highest BCUT2D eigenvalue weighted by Crippen LogP contribution is 2.64. The summed E-state index contributed by atoms with van der Waals surface area (Å²) in [7, 11) is 0. The number of aliphatic hydroxyl groups is 1. The van der Waals surface area contributed by atoms with Crippen LogP contribution in [0.5, 0.6) is 0 Å². The fourth-order valence-corrected chi connectivity index (χ4v) is 7.47. The molecule has 27 heavy (non-hydrogen) atoms. The van der Waals surface area contributed by atoms with Gasteiger partial charge in [0.15, 0.2) is 0 Å². The Hall–Kier alpha value is -0.560. The largest absolute Gasteiger partial charge is 0.389 e. The summed E-state index contributed by atoms with van der Waals surface area (Å²) in [5.74, 6) is 2.68. The fourth-order valence-electron chi connectivity index (χ4n) is 7.47. The highest BCUT2D eigenvalue weighted by atomic mass is 16.3. The smallest absolute Gasteiger partial charge is 0.0724 e. The van der Waals surface area contributed by atoms with Gasteiger partial charge in [-0.05, 0) is 81.0 Å². The second-order valence-corrected chi connectivity index (χ2v) is 11.1. The van der Waals surface area contributed by atoms with Gasteiger partial charge in [0.2, 0.25) is 0 Å². The summed E-state index contributed by atoms with van der Waals surface area (Å²) in [6.45, 7) is 9.87. The molecule has 152 valence electrons. The lowest BCUT2D eigenvalue weighted by atomic mass is 9.53. The first-order valence-corrected chi connectivity index (χ1v) is 12.0. The first-order valence-electron chi connectivity index (χ1n) is 12.0. The molecule has 1 heteroatoms. The maximum Gasteiger partial charge on any atom is 0.0724 e. The molecular weight excluding hydrogens is 328 g/mol. The second-order valence-electron chi connectivity index (χ2n) is 11.1. The van der Waals surface area contributed by atoms with Crippen molar-refractivity contribution in [1.29, 1.82) is 0 Å². The molecule has 1 saturated carbocycles. The molecule has 0 aliphatic heterocycles. The maximum atomic E-state index is 10.1. The molecule has 5 atom stereocenters. The van der Waals surface area contributed by atoms with Crippen molar-refractivity contribution in [2.45, 2.75) is 111 Å². The van der Waals surface area contributed by atoms with Crippen molar-refractivity contribution < 1.29 is 5.11 Å². The summed E-state index contributed by atoms with van der Waals surface area (Å²) in [6, 6.07) is 0. The second kappa shape index (κ2) is 7.36. The quantitative estimate of drug-likeness (QED) is 0.400. The summed E-state index contributed by atoms with van der Waals surface area (Å²) in [4.78, 5) is 0. The molecule has 0 heterocycles. The first kappa shape index (κ1) is 19.7. The predicted octanol–water partition coefficient (Wildman–Crippen LogP) is 7.21. The van der Waals surface area contributed by atoms with Crippen molar-refractivity contribution in [2.24, 2.45) is 28.6 Å². The van der Waals surface area contributed by atoms with E-state index in [1.807, 2.05) is 11.1 Å². The zero-order valence-electron chi connectivity index (χ0n) is 18.3. The minimum Gasteiger partial charge on any atom is -0.389 e. The van der Waals surface area contributed by atoms with Gasteiger partial charge in [-0.2, -0.15) is 0 Å². The SMILES string of the molecule is CC(C)CCCCC1CCC2C3=C(CCC12C)C1(C)CCC(O)C=C1CC3. The van der Waals surface area contributed by atoms with Gasteiger partial charge < -0.3 is 5.11 Å². The molecule has 0 bridgehead atoms. The molecule has 0 saturated heterocycles. The Morgan fingerprint density at radius 1 is 1.04 bits per heavy atom. The minimum atomic E-state index is -0.189. The van der Waals surface area contributed by atoms with Crippen LogP contribution in [0.4, 0.5) is 0 Å². The molecule has 0 amide bonds. The molecule has 5 unspecified atom stereocenters. The Balaban J connectivity index is 1.52. The summed E-state index contributed by atoms with van der Waals surface area (Å²) in [5.41, 5.74) is 6.11. The summed E-state index contributed by atoms with van der Waals surface area (Å²) >= 11 is 0. The molecule has 1 N–H and O–H groups in total. The van der Waals surface area contributed by atoms with Gasteiger partial charge in [0, 0.05) is 5.41 Å². The molecule has 4 aliphatic carbocycles. The standard InChI is InChI=1S/C26H42O/c1-18(2)7-5-6-8-19-10-12-23-22-11-9-20-17-21(27)13-15-26(20,4)24(22)14-16-25(19,23)3/h17-19,21,23,27H,5-16H2,1-4H3. The molecule has 1 nitrogen and oxygen atoms in total. The van der Waals surface area contributed by atoms with E-state index in [4.69, 9.17) is 0 Å². The zero-order chi connectivity index (χ0) is 19.2. The van der Waals surface area contributed by atoms with E-state index in [0.29, 0.717) is 5.41 Å². The van der Waals surface area contributed by atoms with Gasteiger partial charge in [-0.3, -0.25) is 0 Å². The van der Waals surface area contributed by atoms with Gasteiger partial charge in [0.05, 0.1) is 6.10 Å². The van der Waals surface area contributed by atoms with Crippen molar-refractivity contribution >= 4 is 0 Å². The number of unbranched alkanes of at least 4 members (excludes halogenated alkanes) is 1. The van der Waals surface area contributed by atoms with Crippen molar-refractivity contribution in [3.05, 3.63) is 22.8 Å². The van der Waals surface area contributed by atoms with Gasteiger partial charge in [-0.25, -0.2) is 0 Å². The molecule has 0 aromatic rings. The normalized spacial score (nSPS) is 41.3. The molecule has 0 aromatic carbocycles. The Kier molecular flexibility index (Phi) is 5.38. The van der Waals surface area contributed by atoms with Crippen molar-refractivity contribution in [3.8, 4) is 0 Å². The number of allylic oxidation sites excluding steroid dienone is 3. The van der Waals surface area contributed by atoms with Crippen molar-refractivity contribution in [2.75, 3.05) is 0 Å². The van der Waals surface area contributed by atoms with E-state index >= 15 is 0 Å². The first-order chi connectivity index (χ1) is 12.8. The fraction of sp³-hybridized carbons (Fsp3) is 0.846. The van der Waals surface area contributed by atoms with Gasteiger partial charge in [0.1, 0.15) is 0 Å². The number of rotatable bonds is 5. The highest BCUT2D eigenvalue weighted by molar-refractivity contribution is 5.42. The van der Waals surface area contributed by atoms with Crippen LogP contribution in [0, 0.1) is 28.6 Å². The number of hydrogen-bond acceptors (Lipinski definition) is 1. The Morgan fingerprint density at radius 2 is 1.85 bits per heavy atom. The summed E-state index contributed by atoms with van der Waals surface area (Å²) < 4.78 is 0. The number of aliphatic hydroxyl groups excluding tert-OH is 1. The highest BCUT2D eigenvalue weighted by Gasteiger charge is 2.53. The van der Waals surface area contributed by atoms with Crippen LogP contribution in [-0.4, -0.2) is 11.2 Å². The van der Waals surface area contributed by atoms with E-state index in [0.717, 1.165) is 24.2 Å². The van der Waals surface area contributed by atoms with Gasteiger partial charge in [-0.1, -0.05) is 69.8 Å². The average Bonchev–Trinajstić information content (AvgIpc) is 2.96. The lowest BCUT2D eigenvalue weighted by molar-refractivity contribution is 0.119. The van der Waals surface area contributed by atoms with E-state index in [1.165, 1.54) is 70.6 Å². The van der Waals surface area contributed by atoms with Gasteiger partial charge in [0.25, 0.3) is 0 Å². The van der Waals surface area contributed by atoms with Crippen LogP contribution in [0.15, 0.2) is 22.8 Å². The van der Waals surface area contributed by atoms with Gasteiger partial charge in [-0.15, -0.1) is 0 Å². The third-order valence-corrected chi connectivity index (χ3v) is 9.21. The molecule has 4 aliphatic rings. The van der Waals surface area contributed by atoms with Crippen LogP contribution in [-0.2, 0) is 0 Å². The van der Waals surface area contributed by atoms with E-state index < -0.39 is 0 Å². The molecule has 4 rings (SSSR count). The van der Waals surface area contributed by atoms with Crippen LogP contribution in [0.3, 0.4) is 0 Å².